The number of rotatable bonds is 4. The third-order valence-corrected chi connectivity index (χ3v) is 6.54. The predicted molar refractivity (Wildman–Crippen MR) is 126 cm³/mol. The number of ether oxygens (including phenoxy) is 3. The monoisotopic (exact) mass is 505 g/mol. The first kappa shape index (κ1) is 21.3. The van der Waals surface area contributed by atoms with E-state index in [2.05, 4.69) is 21.2 Å². The van der Waals surface area contributed by atoms with Gasteiger partial charge in [0, 0.05) is 4.47 Å². The van der Waals surface area contributed by atoms with Gasteiger partial charge in [0.15, 0.2) is 11.5 Å². The smallest absolute Gasteiger partial charge is 0.315 e. The highest BCUT2D eigenvalue weighted by Gasteiger charge is 2.43. The van der Waals surface area contributed by atoms with E-state index in [9.17, 15) is 9.59 Å². The molecule has 0 saturated heterocycles. The molecule has 0 radical (unpaired) electrons. The zero-order valence-electron chi connectivity index (χ0n) is 17.7. The first-order chi connectivity index (χ1) is 16.1. The van der Waals surface area contributed by atoms with Crippen molar-refractivity contribution in [3.8, 4) is 11.5 Å². The molecule has 33 heavy (non-hydrogen) atoms. The number of halogens is 1. The first-order valence-corrected chi connectivity index (χ1v) is 11.2. The standard InChI is InChI=1S/C26H20BrNO5/c1-31-26(30)23-21(15-8-4-2-5-9-15)22(16-10-6-3-7-11-16)25(29)28-24(23)17-12-19-20(13-18(17)27)33-14-32-19/h2-13,23-24H,14H2,1H3,(H,28,29)/t23-,24+/m0/s1. The number of carbonyl (C=O) groups excluding carboxylic acids is 2. The predicted octanol–water partition coefficient (Wildman–Crippen LogP) is 4.75. The lowest BCUT2D eigenvalue weighted by Gasteiger charge is -2.35. The van der Waals surface area contributed by atoms with Gasteiger partial charge in [-0.05, 0) is 34.4 Å². The Balaban J connectivity index is 1.76. The van der Waals surface area contributed by atoms with Crippen LogP contribution in [0.3, 0.4) is 0 Å². The number of carbonyl (C=O) groups is 2. The van der Waals surface area contributed by atoms with E-state index in [0.29, 0.717) is 32.7 Å². The van der Waals surface area contributed by atoms with Gasteiger partial charge in [0.25, 0.3) is 5.91 Å². The number of esters is 1. The Bertz CT molecular complexity index is 1260. The van der Waals surface area contributed by atoms with Gasteiger partial charge in [0.2, 0.25) is 6.79 Å². The molecule has 1 amide bonds. The molecule has 2 heterocycles. The Hall–Kier alpha value is -3.58. The molecule has 5 rings (SSSR count). The highest BCUT2D eigenvalue weighted by Crippen LogP contribution is 2.47. The van der Waals surface area contributed by atoms with Crippen molar-refractivity contribution < 1.29 is 23.8 Å². The van der Waals surface area contributed by atoms with Crippen molar-refractivity contribution >= 4 is 39.0 Å². The van der Waals surface area contributed by atoms with Crippen LogP contribution in [-0.2, 0) is 14.3 Å². The Morgan fingerprint density at radius 1 is 0.970 bits per heavy atom. The van der Waals surface area contributed by atoms with Crippen molar-refractivity contribution in [2.75, 3.05) is 13.9 Å². The zero-order valence-corrected chi connectivity index (χ0v) is 19.3. The number of fused-ring (bicyclic) bond motifs is 1. The summed E-state index contributed by atoms with van der Waals surface area (Å²) in [7, 11) is 1.36. The molecule has 3 aromatic rings. The minimum absolute atomic E-state index is 0.121. The third-order valence-electron chi connectivity index (χ3n) is 5.86. The number of hydrogen-bond acceptors (Lipinski definition) is 5. The lowest BCUT2D eigenvalue weighted by atomic mass is 9.76. The second-order valence-electron chi connectivity index (χ2n) is 7.70. The molecule has 2 aliphatic heterocycles. The zero-order chi connectivity index (χ0) is 22.9. The molecule has 2 aliphatic rings. The molecule has 166 valence electrons. The summed E-state index contributed by atoms with van der Waals surface area (Å²) in [4.78, 5) is 26.9. The average Bonchev–Trinajstić information content (AvgIpc) is 3.30. The van der Waals surface area contributed by atoms with E-state index in [1.807, 2.05) is 60.7 Å². The highest BCUT2D eigenvalue weighted by molar-refractivity contribution is 9.10. The second kappa shape index (κ2) is 8.75. The van der Waals surface area contributed by atoms with E-state index in [1.165, 1.54) is 7.11 Å². The number of amides is 1. The number of hydrogen-bond donors (Lipinski definition) is 1. The van der Waals surface area contributed by atoms with Crippen LogP contribution in [0.25, 0.3) is 11.1 Å². The van der Waals surface area contributed by atoms with E-state index < -0.39 is 17.9 Å². The molecule has 2 atom stereocenters. The second-order valence-corrected chi connectivity index (χ2v) is 8.55. The van der Waals surface area contributed by atoms with Gasteiger partial charge >= 0.3 is 5.97 Å². The fraction of sp³-hybridized carbons (Fsp3) is 0.154. The highest BCUT2D eigenvalue weighted by atomic mass is 79.9. The maximum absolute atomic E-state index is 13.6. The summed E-state index contributed by atoms with van der Waals surface area (Å²) in [5, 5.41) is 3.05. The number of benzene rings is 3. The topological polar surface area (TPSA) is 73.9 Å². The van der Waals surface area contributed by atoms with Gasteiger partial charge < -0.3 is 19.5 Å². The molecule has 0 saturated carbocycles. The lowest BCUT2D eigenvalue weighted by Crippen LogP contribution is -2.43. The van der Waals surface area contributed by atoms with Gasteiger partial charge in [0.1, 0.15) is 5.92 Å². The molecular formula is C26H20BrNO5. The van der Waals surface area contributed by atoms with E-state index in [-0.39, 0.29) is 12.7 Å². The van der Waals surface area contributed by atoms with Crippen molar-refractivity contribution in [1.29, 1.82) is 0 Å². The Labute approximate surface area is 199 Å². The van der Waals surface area contributed by atoms with Crippen LogP contribution in [0.15, 0.2) is 77.3 Å². The van der Waals surface area contributed by atoms with Crippen LogP contribution in [0.5, 0.6) is 11.5 Å². The fourth-order valence-electron chi connectivity index (χ4n) is 4.38. The first-order valence-electron chi connectivity index (χ1n) is 10.4. The molecule has 1 N–H and O–H groups in total. The molecule has 0 fully saturated rings. The summed E-state index contributed by atoms with van der Waals surface area (Å²) >= 11 is 3.59. The van der Waals surface area contributed by atoms with Gasteiger partial charge in [-0.25, -0.2) is 0 Å². The third kappa shape index (κ3) is 3.78. The van der Waals surface area contributed by atoms with Crippen molar-refractivity contribution in [2.45, 2.75) is 6.04 Å². The molecule has 0 bridgehead atoms. The van der Waals surface area contributed by atoms with Crippen LogP contribution in [0.4, 0.5) is 0 Å². The van der Waals surface area contributed by atoms with E-state index in [1.54, 1.807) is 12.1 Å². The van der Waals surface area contributed by atoms with Gasteiger partial charge in [-0.3, -0.25) is 9.59 Å². The fourth-order valence-corrected chi connectivity index (χ4v) is 4.95. The molecule has 0 aromatic heterocycles. The van der Waals surface area contributed by atoms with Crippen LogP contribution >= 0.6 is 15.9 Å². The SMILES string of the molecule is COC(=O)[C@H]1C(c2ccccc2)=C(c2ccccc2)C(=O)N[C@@H]1c1cc2c(cc1Br)OCO2. The van der Waals surface area contributed by atoms with Crippen LogP contribution in [0.1, 0.15) is 22.7 Å². The summed E-state index contributed by atoms with van der Waals surface area (Å²) in [5.41, 5.74) is 3.27. The normalized spacial score (nSPS) is 19.3. The molecule has 0 spiro atoms. The molecule has 0 unspecified atom stereocenters. The summed E-state index contributed by atoms with van der Waals surface area (Å²) in [6, 6.07) is 21.7. The lowest BCUT2D eigenvalue weighted by molar-refractivity contribution is -0.144. The Morgan fingerprint density at radius 2 is 1.58 bits per heavy atom. The summed E-state index contributed by atoms with van der Waals surface area (Å²) in [6.45, 7) is 0.121. The minimum Gasteiger partial charge on any atom is -0.468 e. The minimum atomic E-state index is -0.790. The summed E-state index contributed by atoms with van der Waals surface area (Å²) < 4.78 is 17.0. The Morgan fingerprint density at radius 3 is 2.21 bits per heavy atom. The van der Waals surface area contributed by atoms with E-state index in [0.717, 1.165) is 11.1 Å². The summed E-state index contributed by atoms with van der Waals surface area (Å²) in [6.07, 6.45) is 0. The maximum Gasteiger partial charge on any atom is 0.315 e. The van der Waals surface area contributed by atoms with Crippen LogP contribution in [0.2, 0.25) is 0 Å². The van der Waals surface area contributed by atoms with Crippen molar-refractivity contribution in [2.24, 2.45) is 5.92 Å². The summed E-state index contributed by atoms with van der Waals surface area (Å²) in [5.74, 6) is -0.343. The van der Waals surface area contributed by atoms with Crippen molar-refractivity contribution in [1.82, 2.24) is 5.32 Å². The van der Waals surface area contributed by atoms with Gasteiger partial charge in [-0.1, -0.05) is 76.6 Å². The Kier molecular flexibility index (Phi) is 5.64. The largest absolute Gasteiger partial charge is 0.468 e. The van der Waals surface area contributed by atoms with Gasteiger partial charge in [0.05, 0.1) is 18.7 Å². The maximum atomic E-state index is 13.6. The average molecular weight is 506 g/mol. The van der Waals surface area contributed by atoms with Gasteiger partial charge in [-0.15, -0.1) is 0 Å². The molecule has 3 aromatic carbocycles. The number of methoxy groups -OCH3 is 1. The van der Waals surface area contributed by atoms with Crippen LogP contribution in [-0.4, -0.2) is 25.8 Å². The van der Waals surface area contributed by atoms with Gasteiger partial charge in [-0.2, -0.15) is 0 Å². The molecule has 7 heteroatoms. The van der Waals surface area contributed by atoms with Crippen molar-refractivity contribution in [3.63, 3.8) is 0 Å². The van der Waals surface area contributed by atoms with Crippen LogP contribution < -0.4 is 14.8 Å². The molecule has 6 nitrogen and oxygen atoms in total. The van der Waals surface area contributed by atoms with Crippen molar-refractivity contribution in [3.05, 3.63) is 94.0 Å². The van der Waals surface area contributed by atoms with Crippen LogP contribution in [0, 0.1) is 5.92 Å². The van der Waals surface area contributed by atoms with E-state index in [4.69, 9.17) is 14.2 Å². The quantitative estimate of drug-likeness (QED) is 0.518. The molecule has 0 aliphatic carbocycles. The van der Waals surface area contributed by atoms with E-state index >= 15 is 0 Å². The number of nitrogens with one attached hydrogen (secondary N) is 1. The molecular weight excluding hydrogens is 486 g/mol.